The first-order valence-corrected chi connectivity index (χ1v) is 5.29. The van der Waals surface area contributed by atoms with Crippen molar-refractivity contribution in [3.63, 3.8) is 0 Å². The smallest absolute Gasteiger partial charge is 0.166 e. The van der Waals surface area contributed by atoms with Crippen molar-refractivity contribution < 1.29 is 9.50 Å². The van der Waals surface area contributed by atoms with Crippen LogP contribution in [0.4, 0.5) is 10.2 Å². The molecule has 0 bridgehead atoms. The third-order valence-corrected chi connectivity index (χ3v) is 3.14. The van der Waals surface area contributed by atoms with Crippen LogP contribution in [0, 0.1) is 12.7 Å². The first kappa shape index (κ1) is 10.9. The Morgan fingerprint density at radius 3 is 2.75 bits per heavy atom. The molecule has 0 atom stereocenters. The number of aromatic hydroxyl groups is 1. The summed E-state index contributed by atoms with van der Waals surface area (Å²) in [6, 6.07) is 2.75. The van der Waals surface area contributed by atoms with Crippen LogP contribution in [0.3, 0.4) is 0 Å². The van der Waals surface area contributed by atoms with Gasteiger partial charge in [-0.15, -0.1) is 0 Å². The highest BCUT2D eigenvalue weighted by Gasteiger charge is 2.17. The number of nitrogens with zero attached hydrogens (tertiary/aromatic N) is 1. The summed E-state index contributed by atoms with van der Waals surface area (Å²) in [6.07, 6.45) is 0. The number of rotatable bonds is 1. The molecule has 6 heteroatoms. The molecule has 1 aromatic carbocycles. The van der Waals surface area contributed by atoms with Crippen molar-refractivity contribution in [1.29, 1.82) is 0 Å². The standard InChI is InChI=1S/C10H9BrFN3O/c1-4-5(11)2-6(12)10(16)9(4)7-3-8(13)15-14-7/h2-3,16H,1H3,(H3,13,14,15). The number of phenolic OH excluding ortho intramolecular Hbond substituents is 1. The van der Waals surface area contributed by atoms with Crippen LogP contribution in [0.5, 0.6) is 5.75 Å². The maximum absolute atomic E-state index is 13.4. The first-order valence-electron chi connectivity index (χ1n) is 4.49. The van der Waals surface area contributed by atoms with Crippen molar-refractivity contribution in [2.45, 2.75) is 6.92 Å². The van der Waals surface area contributed by atoms with Gasteiger partial charge in [0.25, 0.3) is 0 Å². The molecule has 0 saturated heterocycles. The molecule has 4 nitrogen and oxygen atoms in total. The van der Waals surface area contributed by atoms with E-state index < -0.39 is 11.6 Å². The van der Waals surface area contributed by atoms with Gasteiger partial charge in [0, 0.05) is 16.1 Å². The van der Waals surface area contributed by atoms with E-state index in [2.05, 4.69) is 26.1 Å². The number of nitrogens with one attached hydrogen (secondary N) is 1. The van der Waals surface area contributed by atoms with Crippen molar-refractivity contribution in [2.24, 2.45) is 0 Å². The van der Waals surface area contributed by atoms with Crippen LogP contribution in [0.1, 0.15) is 5.56 Å². The van der Waals surface area contributed by atoms with Crippen molar-refractivity contribution in [3.05, 3.63) is 28.0 Å². The van der Waals surface area contributed by atoms with Crippen molar-refractivity contribution in [1.82, 2.24) is 10.2 Å². The van der Waals surface area contributed by atoms with Crippen LogP contribution >= 0.6 is 15.9 Å². The lowest BCUT2D eigenvalue weighted by atomic mass is 10.0. The van der Waals surface area contributed by atoms with Crippen LogP contribution in [-0.2, 0) is 0 Å². The monoisotopic (exact) mass is 285 g/mol. The molecule has 0 aliphatic heterocycles. The van der Waals surface area contributed by atoms with Crippen molar-refractivity contribution in [2.75, 3.05) is 5.73 Å². The molecule has 0 aliphatic rings. The summed E-state index contributed by atoms with van der Waals surface area (Å²) in [5, 5.41) is 16.1. The number of aromatic amines is 1. The Labute approximate surface area is 99.4 Å². The fraction of sp³-hybridized carbons (Fsp3) is 0.100. The van der Waals surface area contributed by atoms with Gasteiger partial charge < -0.3 is 10.8 Å². The number of hydrogen-bond acceptors (Lipinski definition) is 3. The average Bonchev–Trinajstić information content (AvgIpc) is 2.62. The van der Waals surface area contributed by atoms with E-state index in [0.717, 1.165) is 0 Å². The predicted molar refractivity (Wildman–Crippen MR) is 62.5 cm³/mol. The van der Waals surface area contributed by atoms with Crippen LogP contribution in [0.15, 0.2) is 16.6 Å². The Balaban J connectivity index is 2.73. The molecule has 0 saturated carbocycles. The number of anilines is 1. The minimum absolute atomic E-state index is 0.286. The number of benzene rings is 1. The second-order valence-electron chi connectivity index (χ2n) is 3.40. The lowest BCUT2D eigenvalue weighted by Gasteiger charge is -2.09. The van der Waals surface area contributed by atoms with Gasteiger partial charge >= 0.3 is 0 Å². The number of H-pyrrole nitrogens is 1. The Hall–Kier alpha value is -1.56. The zero-order valence-corrected chi connectivity index (χ0v) is 9.97. The third kappa shape index (κ3) is 1.65. The normalized spacial score (nSPS) is 10.7. The maximum Gasteiger partial charge on any atom is 0.166 e. The number of hydrogen-bond donors (Lipinski definition) is 3. The van der Waals surface area contributed by atoms with E-state index in [1.165, 1.54) is 12.1 Å². The van der Waals surface area contributed by atoms with E-state index in [0.29, 0.717) is 21.3 Å². The molecule has 0 amide bonds. The Kier molecular flexibility index (Phi) is 2.59. The molecule has 0 unspecified atom stereocenters. The number of nitrogen functional groups attached to an aromatic ring is 1. The average molecular weight is 286 g/mol. The second-order valence-corrected chi connectivity index (χ2v) is 4.25. The van der Waals surface area contributed by atoms with Gasteiger partial charge in [-0.3, -0.25) is 5.10 Å². The van der Waals surface area contributed by atoms with Gasteiger partial charge in [-0.25, -0.2) is 4.39 Å². The molecule has 2 rings (SSSR count). The third-order valence-electron chi connectivity index (χ3n) is 2.32. The highest BCUT2D eigenvalue weighted by Crippen LogP contribution is 2.37. The topological polar surface area (TPSA) is 74.9 Å². The molecule has 1 aromatic heterocycles. The summed E-state index contributed by atoms with van der Waals surface area (Å²) < 4.78 is 13.9. The number of phenols is 1. The summed E-state index contributed by atoms with van der Waals surface area (Å²) in [5.41, 5.74) is 7.01. The molecule has 0 aliphatic carbocycles. The fourth-order valence-corrected chi connectivity index (χ4v) is 1.90. The van der Waals surface area contributed by atoms with Crippen molar-refractivity contribution in [3.8, 4) is 17.0 Å². The molecule has 84 valence electrons. The quantitative estimate of drug-likeness (QED) is 0.754. The highest BCUT2D eigenvalue weighted by atomic mass is 79.9. The lowest BCUT2D eigenvalue weighted by Crippen LogP contribution is -1.90. The summed E-state index contributed by atoms with van der Waals surface area (Å²) >= 11 is 3.22. The van der Waals surface area contributed by atoms with Gasteiger partial charge in [-0.2, -0.15) is 5.10 Å². The molecule has 0 spiro atoms. The van der Waals surface area contributed by atoms with Crippen LogP contribution < -0.4 is 5.73 Å². The number of nitrogens with two attached hydrogens (primary N) is 1. The zero-order chi connectivity index (χ0) is 11.9. The largest absolute Gasteiger partial charge is 0.504 e. The summed E-state index contributed by atoms with van der Waals surface area (Å²) in [5.74, 6) is -0.820. The molecule has 0 radical (unpaired) electrons. The highest BCUT2D eigenvalue weighted by molar-refractivity contribution is 9.10. The number of halogens is 2. The molecule has 2 aromatic rings. The van der Waals surface area contributed by atoms with Gasteiger partial charge in [-0.05, 0) is 18.6 Å². The van der Waals surface area contributed by atoms with Gasteiger partial charge in [-0.1, -0.05) is 15.9 Å². The van der Waals surface area contributed by atoms with Crippen LogP contribution in [0.2, 0.25) is 0 Å². The Morgan fingerprint density at radius 2 is 2.19 bits per heavy atom. The van der Waals surface area contributed by atoms with Crippen molar-refractivity contribution >= 4 is 21.7 Å². The molecule has 4 N–H and O–H groups in total. The van der Waals surface area contributed by atoms with E-state index in [4.69, 9.17) is 5.73 Å². The minimum Gasteiger partial charge on any atom is -0.504 e. The molecular weight excluding hydrogens is 277 g/mol. The fourth-order valence-electron chi connectivity index (χ4n) is 1.50. The Bertz CT molecular complexity index is 527. The maximum atomic E-state index is 13.4. The van der Waals surface area contributed by atoms with Crippen LogP contribution in [-0.4, -0.2) is 15.3 Å². The Morgan fingerprint density at radius 1 is 1.50 bits per heavy atom. The summed E-state index contributed by atoms with van der Waals surface area (Å²) in [7, 11) is 0. The summed E-state index contributed by atoms with van der Waals surface area (Å²) in [6.45, 7) is 1.76. The minimum atomic E-state index is -0.694. The second kappa shape index (κ2) is 3.79. The van der Waals surface area contributed by atoms with Gasteiger partial charge in [0.1, 0.15) is 5.82 Å². The van der Waals surface area contributed by atoms with Gasteiger partial charge in [0.15, 0.2) is 11.6 Å². The molecular formula is C10H9BrFN3O. The van der Waals surface area contributed by atoms with E-state index >= 15 is 0 Å². The van der Waals surface area contributed by atoms with E-state index in [1.807, 2.05) is 0 Å². The van der Waals surface area contributed by atoms with Gasteiger partial charge in [0.05, 0.1) is 5.69 Å². The molecule has 0 fully saturated rings. The SMILES string of the molecule is Cc1c(Br)cc(F)c(O)c1-c1cc(N)n[nH]1. The number of aromatic nitrogens is 2. The zero-order valence-electron chi connectivity index (χ0n) is 8.38. The van der Waals surface area contributed by atoms with Gasteiger partial charge in [0.2, 0.25) is 0 Å². The van der Waals surface area contributed by atoms with Crippen LogP contribution in [0.25, 0.3) is 11.3 Å². The van der Waals surface area contributed by atoms with E-state index in [9.17, 15) is 9.50 Å². The lowest BCUT2D eigenvalue weighted by molar-refractivity contribution is 0.433. The van der Waals surface area contributed by atoms with E-state index in [1.54, 1.807) is 6.92 Å². The molecule has 1 heterocycles. The summed E-state index contributed by atoms with van der Waals surface area (Å²) in [4.78, 5) is 0. The van der Waals surface area contributed by atoms with E-state index in [-0.39, 0.29) is 5.82 Å². The predicted octanol–water partition coefficient (Wildman–Crippen LogP) is 2.57. The first-order chi connectivity index (χ1) is 7.50. The molecule has 16 heavy (non-hydrogen) atoms.